The Balaban J connectivity index is 1.56. The van der Waals surface area contributed by atoms with Gasteiger partial charge in [-0.2, -0.15) is 5.10 Å². The minimum absolute atomic E-state index is 0.110. The third kappa shape index (κ3) is 3.79. The van der Waals surface area contributed by atoms with Crippen LogP contribution in [0, 0.1) is 5.92 Å². The number of phenolic OH excluding ortho intramolecular Hbond substituents is 1. The maximum Gasteiger partial charge on any atom is 0.268 e. The highest BCUT2D eigenvalue weighted by atomic mass is 16.5. The number of anilines is 1. The summed E-state index contributed by atoms with van der Waals surface area (Å²) in [7, 11) is 3.11. The number of carbonyl (C=O) groups excluding carboxylic acids is 1. The highest BCUT2D eigenvalue weighted by Crippen LogP contribution is 2.24. The van der Waals surface area contributed by atoms with Gasteiger partial charge in [0, 0.05) is 38.8 Å². The summed E-state index contributed by atoms with van der Waals surface area (Å²) in [5.74, 6) is 0.330. The van der Waals surface area contributed by atoms with Gasteiger partial charge in [0.05, 0.1) is 24.6 Å². The number of rotatable bonds is 5. The molecule has 2 aromatic rings. The number of phenols is 1. The SMILES string of the molecule is COc1ccc(C(=O)NCC2CCN(c3cnn(C)c(=O)c3)C2)c(O)c1. The standard InChI is InChI=1S/C18H22N4O4/c1-21-17(24)7-13(10-20-21)22-6-5-12(11-22)9-19-18(25)15-4-3-14(26-2)8-16(15)23/h3-4,7-8,10,12,23H,5-6,9,11H2,1-2H3,(H,19,25). The summed E-state index contributed by atoms with van der Waals surface area (Å²) in [5.41, 5.74) is 0.875. The number of hydrogen-bond acceptors (Lipinski definition) is 6. The van der Waals surface area contributed by atoms with E-state index in [0.717, 1.165) is 25.2 Å². The van der Waals surface area contributed by atoms with Crippen LogP contribution in [-0.4, -0.2) is 47.5 Å². The smallest absolute Gasteiger partial charge is 0.268 e. The highest BCUT2D eigenvalue weighted by molar-refractivity contribution is 5.97. The van der Waals surface area contributed by atoms with Crippen LogP contribution in [0.25, 0.3) is 0 Å². The van der Waals surface area contributed by atoms with Crippen molar-refractivity contribution in [3.05, 3.63) is 46.4 Å². The van der Waals surface area contributed by atoms with Gasteiger partial charge >= 0.3 is 0 Å². The molecule has 1 saturated heterocycles. The maximum absolute atomic E-state index is 12.3. The molecule has 2 N–H and O–H groups in total. The fourth-order valence-corrected chi connectivity index (χ4v) is 3.03. The summed E-state index contributed by atoms with van der Waals surface area (Å²) in [5, 5.41) is 16.8. The zero-order valence-electron chi connectivity index (χ0n) is 14.8. The zero-order valence-corrected chi connectivity index (χ0v) is 14.8. The molecular formula is C18H22N4O4. The Hall–Kier alpha value is -3.03. The molecule has 3 rings (SSSR count). The van der Waals surface area contributed by atoms with E-state index in [9.17, 15) is 14.7 Å². The predicted molar refractivity (Wildman–Crippen MR) is 96.8 cm³/mol. The van der Waals surface area contributed by atoms with Gasteiger partial charge in [-0.3, -0.25) is 9.59 Å². The Morgan fingerprint density at radius 3 is 2.92 bits per heavy atom. The van der Waals surface area contributed by atoms with Crippen molar-refractivity contribution in [3.8, 4) is 11.5 Å². The molecular weight excluding hydrogens is 336 g/mol. The topological polar surface area (TPSA) is 96.7 Å². The van der Waals surface area contributed by atoms with Crippen LogP contribution < -0.4 is 20.5 Å². The molecule has 8 heteroatoms. The van der Waals surface area contributed by atoms with E-state index in [1.807, 2.05) is 0 Å². The van der Waals surface area contributed by atoms with Crippen LogP contribution in [0.4, 0.5) is 5.69 Å². The average molecular weight is 358 g/mol. The van der Waals surface area contributed by atoms with Crippen molar-refractivity contribution < 1.29 is 14.6 Å². The van der Waals surface area contributed by atoms with Gasteiger partial charge in [-0.15, -0.1) is 0 Å². The number of aromatic nitrogens is 2. The molecule has 138 valence electrons. The second-order valence-electron chi connectivity index (χ2n) is 6.37. The molecule has 0 bridgehead atoms. The van der Waals surface area contributed by atoms with Gasteiger partial charge in [0.1, 0.15) is 11.5 Å². The van der Waals surface area contributed by atoms with Gasteiger partial charge in [-0.25, -0.2) is 4.68 Å². The van der Waals surface area contributed by atoms with Gasteiger partial charge in [0.15, 0.2) is 0 Å². The van der Waals surface area contributed by atoms with Crippen molar-refractivity contribution in [1.29, 1.82) is 0 Å². The number of amides is 1. The summed E-state index contributed by atoms with van der Waals surface area (Å²) in [6.07, 6.45) is 2.59. The molecule has 8 nitrogen and oxygen atoms in total. The molecule has 1 fully saturated rings. The monoisotopic (exact) mass is 358 g/mol. The van der Waals surface area contributed by atoms with E-state index in [0.29, 0.717) is 12.3 Å². The van der Waals surface area contributed by atoms with E-state index in [1.54, 1.807) is 25.4 Å². The summed E-state index contributed by atoms with van der Waals surface area (Å²) in [6.45, 7) is 2.05. The van der Waals surface area contributed by atoms with Crippen LogP contribution in [0.5, 0.6) is 11.5 Å². The predicted octanol–water partition coefficient (Wildman–Crippen LogP) is 0.751. The molecule has 0 saturated carbocycles. The Bertz CT molecular complexity index is 865. The molecule has 2 heterocycles. The molecule has 26 heavy (non-hydrogen) atoms. The second kappa shape index (κ2) is 7.47. The molecule has 1 aromatic heterocycles. The van der Waals surface area contributed by atoms with Gasteiger partial charge < -0.3 is 20.1 Å². The first-order valence-corrected chi connectivity index (χ1v) is 8.41. The number of ether oxygens (including phenoxy) is 1. The lowest BCUT2D eigenvalue weighted by atomic mass is 10.1. The number of aryl methyl sites for hydroxylation is 1. The number of methoxy groups -OCH3 is 1. The van der Waals surface area contributed by atoms with Crippen molar-refractivity contribution in [2.45, 2.75) is 6.42 Å². The lowest BCUT2D eigenvalue weighted by Crippen LogP contribution is -2.31. The van der Waals surface area contributed by atoms with E-state index in [4.69, 9.17) is 4.74 Å². The summed E-state index contributed by atoms with van der Waals surface area (Å²) < 4.78 is 6.30. The van der Waals surface area contributed by atoms with Gasteiger partial charge in [-0.1, -0.05) is 0 Å². The van der Waals surface area contributed by atoms with E-state index in [1.165, 1.54) is 23.9 Å². The summed E-state index contributed by atoms with van der Waals surface area (Å²) in [6, 6.07) is 6.16. The van der Waals surface area contributed by atoms with Crippen LogP contribution >= 0.6 is 0 Å². The molecule has 0 spiro atoms. The maximum atomic E-state index is 12.3. The number of aromatic hydroxyl groups is 1. The van der Waals surface area contributed by atoms with Gasteiger partial charge in [-0.05, 0) is 24.5 Å². The first-order valence-electron chi connectivity index (χ1n) is 8.41. The van der Waals surface area contributed by atoms with E-state index in [-0.39, 0.29) is 28.7 Å². The van der Waals surface area contributed by atoms with E-state index < -0.39 is 0 Å². The summed E-state index contributed by atoms with van der Waals surface area (Å²) in [4.78, 5) is 26.1. The van der Waals surface area contributed by atoms with Crippen molar-refractivity contribution in [1.82, 2.24) is 15.1 Å². The third-order valence-electron chi connectivity index (χ3n) is 4.61. The number of nitrogens with one attached hydrogen (secondary N) is 1. The molecule has 1 aliphatic rings. The molecule has 1 unspecified atom stereocenters. The Morgan fingerprint density at radius 2 is 2.23 bits per heavy atom. The quantitative estimate of drug-likeness (QED) is 0.819. The van der Waals surface area contributed by atoms with Gasteiger partial charge in [0.2, 0.25) is 0 Å². The van der Waals surface area contributed by atoms with Crippen molar-refractivity contribution in [3.63, 3.8) is 0 Å². The van der Waals surface area contributed by atoms with Crippen LogP contribution in [0.3, 0.4) is 0 Å². The van der Waals surface area contributed by atoms with E-state index in [2.05, 4.69) is 15.3 Å². The van der Waals surface area contributed by atoms with Crippen molar-refractivity contribution in [2.24, 2.45) is 13.0 Å². The van der Waals surface area contributed by atoms with E-state index >= 15 is 0 Å². The Morgan fingerprint density at radius 1 is 1.42 bits per heavy atom. The fraction of sp³-hybridized carbons (Fsp3) is 0.389. The lowest BCUT2D eigenvalue weighted by molar-refractivity contribution is 0.0945. The molecule has 0 radical (unpaired) electrons. The van der Waals surface area contributed by atoms with Crippen LogP contribution in [0.15, 0.2) is 35.3 Å². The first kappa shape index (κ1) is 17.8. The van der Waals surface area contributed by atoms with Crippen LogP contribution in [0.2, 0.25) is 0 Å². The molecule has 1 amide bonds. The molecule has 0 aliphatic carbocycles. The second-order valence-corrected chi connectivity index (χ2v) is 6.37. The Labute approximate surface area is 151 Å². The van der Waals surface area contributed by atoms with Crippen LogP contribution in [0.1, 0.15) is 16.8 Å². The number of carbonyl (C=O) groups is 1. The zero-order chi connectivity index (χ0) is 18.7. The minimum Gasteiger partial charge on any atom is -0.507 e. The highest BCUT2D eigenvalue weighted by Gasteiger charge is 2.24. The Kier molecular flexibility index (Phi) is 5.11. The van der Waals surface area contributed by atoms with Crippen molar-refractivity contribution >= 4 is 11.6 Å². The first-order chi connectivity index (χ1) is 12.5. The molecule has 1 atom stereocenters. The molecule has 1 aliphatic heterocycles. The lowest BCUT2D eigenvalue weighted by Gasteiger charge is -2.18. The van der Waals surface area contributed by atoms with Crippen molar-refractivity contribution in [2.75, 3.05) is 31.6 Å². The normalized spacial score (nSPS) is 16.5. The fourth-order valence-electron chi connectivity index (χ4n) is 3.03. The minimum atomic E-state index is -0.321. The number of benzene rings is 1. The third-order valence-corrected chi connectivity index (χ3v) is 4.61. The number of hydrogen-bond donors (Lipinski definition) is 2. The average Bonchev–Trinajstić information content (AvgIpc) is 3.11. The molecule has 1 aromatic carbocycles. The van der Waals surface area contributed by atoms with Gasteiger partial charge in [0.25, 0.3) is 11.5 Å². The number of nitrogens with zero attached hydrogens (tertiary/aromatic N) is 3. The summed E-state index contributed by atoms with van der Waals surface area (Å²) >= 11 is 0. The largest absolute Gasteiger partial charge is 0.507 e. The van der Waals surface area contributed by atoms with Crippen LogP contribution in [-0.2, 0) is 7.05 Å².